The SMILES string of the molecule is O=C(Oc1ccccc1)C1CCCCCCCCCCCCCC1. The number of benzene rings is 1. The Morgan fingerprint density at radius 2 is 1.08 bits per heavy atom. The first-order valence-electron chi connectivity index (χ1n) is 10.1. The second kappa shape index (κ2) is 12.1. The molecular formula is C22H34O2. The molecule has 1 aliphatic carbocycles. The summed E-state index contributed by atoms with van der Waals surface area (Å²) < 4.78 is 5.60. The molecule has 2 heteroatoms. The van der Waals surface area contributed by atoms with E-state index in [4.69, 9.17) is 4.74 Å². The minimum Gasteiger partial charge on any atom is -0.426 e. The van der Waals surface area contributed by atoms with E-state index in [1.807, 2.05) is 30.3 Å². The number of carbonyl (C=O) groups is 1. The van der Waals surface area contributed by atoms with Gasteiger partial charge in [-0.1, -0.05) is 95.2 Å². The van der Waals surface area contributed by atoms with E-state index in [2.05, 4.69) is 0 Å². The molecule has 0 saturated heterocycles. The lowest BCUT2D eigenvalue weighted by Crippen LogP contribution is -2.20. The molecule has 0 N–H and O–H groups in total. The number of rotatable bonds is 2. The van der Waals surface area contributed by atoms with Gasteiger partial charge in [0, 0.05) is 0 Å². The van der Waals surface area contributed by atoms with E-state index in [9.17, 15) is 4.79 Å². The fourth-order valence-electron chi connectivity index (χ4n) is 3.62. The van der Waals surface area contributed by atoms with E-state index >= 15 is 0 Å². The van der Waals surface area contributed by atoms with Gasteiger partial charge in [-0.2, -0.15) is 0 Å². The summed E-state index contributed by atoms with van der Waals surface area (Å²) in [4.78, 5) is 12.5. The predicted molar refractivity (Wildman–Crippen MR) is 100 cm³/mol. The molecule has 1 saturated carbocycles. The van der Waals surface area contributed by atoms with E-state index < -0.39 is 0 Å². The summed E-state index contributed by atoms with van der Waals surface area (Å²) >= 11 is 0. The van der Waals surface area contributed by atoms with E-state index in [0.29, 0.717) is 5.75 Å². The molecule has 0 unspecified atom stereocenters. The van der Waals surface area contributed by atoms with E-state index in [1.54, 1.807) is 0 Å². The minimum absolute atomic E-state index is 0.0227. The van der Waals surface area contributed by atoms with Crippen LogP contribution in [-0.2, 0) is 4.79 Å². The van der Waals surface area contributed by atoms with Crippen molar-refractivity contribution in [3.8, 4) is 5.75 Å². The molecule has 0 radical (unpaired) electrons. The fourth-order valence-corrected chi connectivity index (χ4v) is 3.62. The van der Waals surface area contributed by atoms with Crippen molar-refractivity contribution in [3.05, 3.63) is 30.3 Å². The van der Waals surface area contributed by atoms with Crippen molar-refractivity contribution in [2.75, 3.05) is 0 Å². The summed E-state index contributed by atoms with van der Waals surface area (Å²) in [5, 5.41) is 0. The average Bonchev–Trinajstić information content (AvgIpc) is 2.61. The monoisotopic (exact) mass is 330 g/mol. The molecule has 2 rings (SSSR count). The van der Waals surface area contributed by atoms with Gasteiger partial charge in [-0.25, -0.2) is 0 Å². The summed E-state index contributed by atoms with van der Waals surface area (Å²) in [7, 11) is 0. The normalized spacial score (nSPS) is 19.8. The van der Waals surface area contributed by atoms with Crippen molar-refractivity contribution in [2.24, 2.45) is 5.92 Å². The van der Waals surface area contributed by atoms with Gasteiger partial charge >= 0.3 is 5.97 Å². The van der Waals surface area contributed by atoms with Crippen molar-refractivity contribution < 1.29 is 9.53 Å². The molecule has 0 aromatic heterocycles. The highest BCUT2D eigenvalue weighted by Gasteiger charge is 2.20. The number of hydrogen-bond donors (Lipinski definition) is 0. The van der Waals surface area contributed by atoms with Crippen LogP contribution in [0.15, 0.2) is 30.3 Å². The second-order valence-corrected chi connectivity index (χ2v) is 7.25. The highest BCUT2D eigenvalue weighted by molar-refractivity contribution is 5.75. The second-order valence-electron chi connectivity index (χ2n) is 7.25. The van der Waals surface area contributed by atoms with Gasteiger partial charge in [0.25, 0.3) is 0 Å². The van der Waals surface area contributed by atoms with Gasteiger partial charge in [0.1, 0.15) is 5.75 Å². The van der Waals surface area contributed by atoms with Crippen LogP contribution in [0.5, 0.6) is 5.75 Å². The summed E-state index contributed by atoms with van der Waals surface area (Å²) in [6.45, 7) is 0. The molecule has 0 amide bonds. The maximum Gasteiger partial charge on any atom is 0.314 e. The smallest absolute Gasteiger partial charge is 0.314 e. The first-order valence-corrected chi connectivity index (χ1v) is 10.1. The molecule has 0 aliphatic heterocycles. The predicted octanol–water partition coefficient (Wildman–Crippen LogP) is 6.68. The molecule has 0 heterocycles. The van der Waals surface area contributed by atoms with Crippen molar-refractivity contribution >= 4 is 5.97 Å². The summed E-state index contributed by atoms with van der Waals surface area (Å²) in [6, 6.07) is 9.51. The summed E-state index contributed by atoms with van der Waals surface area (Å²) in [5.41, 5.74) is 0. The van der Waals surface area contributed by atoms with Crippen LogP contribution < -0.4 is 4.74 Å². The van der Waals surface area contributed by atoms with Crippen LogP contribution >= 0.6 is 0 Å². The number of para-hydroxylation sites is 1. The average molecular weight is 331 g/mol. The molecule has 0 bridgehead atoms. The van der Waals surface area contributed by atoms with E-state index in [-0.39, 0.29) is 11.9 Å². The maximum absolute atomic E-state index is 12.5. The van der Waals surface area contributed by atoms with E-state index in [0.717, 1.165) is 25.7 Å². The van der Waals surface area contributed by atoms with Crippen LogP contribution in [0.25, 0.3) is 0 Å². The van der Waals surface area contributed by atoms with Gasteiger partial charge in [-0.15, -0.1) is 0 Å². The zero-order valence-corrected chi connectivity index (χ0v) is 15.2. The Morgan fingerprint density at radius 3 is 1.54 bits per heavy atom. The highest BCUT2D eigenvalue weighted by Crippen LogP contribution is 2.23. The van der Waals surface area contributed by atoms with Crippen molar-refractivity contribution in [1.82, 2.24) is 0 Å². The van der Waals surface area contributed by atoms with Crippen molar-refractivity contribution in [1.29, 1.82) is 0 Å². The number of ether oxygens (including phenoxy) is 1. The Bertz CT molecular complexity index is 425. The molecule has 2 nitrogen and oxygen atoms in total. The highest BCUT2D eigenvalue weighted by atomic mass is 16.5. The third-order valence-corrected chi connectivity index (χ3v) is 5.15. The van der Waals surface area contributed by atoms with Crippen LogP contribution in [0.2, 0.25) is 0 Å². The molecule has 24 heavy (non-hydrogen) atoms. The molecule has 0 atom stereocenters. The molecule has 1 fully saturated rings. The van der Waals surface area contributed by atoms with Gasteiger partial charge in [0.15, 0.2) is 0 Å². The van der Waals surface area contributed by atoms with Crippen LogP contribution in [0.1, 0.15) is 89.9 Å². The lowest BCUT2D eigenvalue weighted by molar-refractivity contribution is -0.139. The van der Waals surface area contributed by atoms with Crippen LogP contribution in [0.3, 0.4) is 0 Å². The third kappa shape index (κ3) is 7.99. The third-order valence-electron chi connectivity index (χ3n) is 5.15. The number of carbonyl (C=O) groups excluding carboxylic acids is 1. The van der Waals surface area contributed by atoms with Crippen LogP contribution in [-0.4, -0.2) is 5.97 Å². The quantitative estimate of drug-likeness (QED) is 0.446. The molecule has 1 aromatic carbocycles. The molecule has 134 valence electrons. The van der Waals surface area contributed by atoms with Gasteiger partial charge in [-0.3, -0.25) is 4.79 Å². The minimum atomic E-state index is -0.0227. The van der Waals surface area contributed by atoms with E-state index in [1.165, 1.54) is 64.2 Å². The zero-order chi connectivity index (χ0) is 16.9. The van der Waals surface area contributed by atoms with Gasteiger partial charge in [0.05, 0.1) is 5.92 Å². The Morgan fingerprint density at radius 1 is 0.667 bits per heavy atom. The summed E-state index contributed by atoms with van der Waals surface area (Å²) in [6.07, 6.45) is 17.8. The van der Waals surface area contributed by atoms with Gasteiger partial charge in [0.2, 0.25) is 0 Å². The largest absolute Gasteiger partial charge is 0.426 e. The van der Waals surface area contributed by atoms with Crippen LogP contribution in [0, 0.1) is 5.92 Å². The summed E-state index contributed by atoms with van der Waals surface area (Å²) in [5.74, 6) is 0.735. The van der Waals surface area contributed by atoms with Crippen molar-refractivity contribution in [2.45, 2.75) is 89.9 Å². The zero-order valence-electron chi connectivity index (χ0n) is 15.2. The Labute approximate surface area is 148 Å². The fraction of sp³-hybridized carbons (Fsp3) is 0.682. The lowest BCUT2D eigenvalue weighted by atomic mass is 9.94. The molecule has 1 aliphatic rings. The number of esters is 1. The Balaban J connectivity index is 1.82. The Hall–Kier alpha value is -1.31. The van der Waals surface area contributed by atoms with Gasteiger partial charge in [-0.05, 0) is 25.0 Å². The standard InChI is InChI=1S/C22H34O2/c23-22(24-21-18-14-11-15-19-21)20-16-12-9-7-5-3-1-2-4-6-8-10-13-17-20/h11,14-15,18-20H,1-10,12-13,16-17H2. The Kier molecular flexibility index (Phi) is 9.60. The van der Waals surface area contributed by atoms with Crippen molar-refractivity contribution in [3.63, 3.8) is 0 Å². The lowest BCUT2D eigenvalue weighted by Gasteiger charge is -2.16. The molecular weight excluding hydrogens is 296 g/mol. The maximum atomic E-state index is 12.5. The first-order chi connectivity index (χ1) is 11.9. The van der Waals surface area contributed by atoms with Gasteiger partial charge < -0.3 is 4.74 Å². The first kappa shape index (κ1) is 19.0. The number of hydrogen-bond acceptors (Lipinski definition) is 2. The molecule has 1 aromatic rings. The van der Waals surface area contributed by atoms with Crippen LogP contribution in [0.4, 0.5) is 0 Å². The topological polar surface area (TPSA) is 26.3 Å². The molecule has 0 spiro atoms.